The summed E-state index contributed by atoms with van der Waals surface area (Å²) >= 11 is 0. The number of Topliss-reactive ketones (excluding diaryl/α,β-unsaturated/α-hetero) is 2. The highest BCUT2D eigenvalue weighted by atomic mass is 16.1. The quantitative estimate of drug-likeness (QED) is 0.690. The maximum atomic E-state index is 12.1. The van der Waals surface area contributed by atoms with Gasteiger partial charge in [0.25, 0.3) is 0 Å². The third-order valence-corrected chi connectivity index (χ3v) is 3.46. The second-order valence-electron chi connectivity index (χ2n) is 5.13. The molecule has 104 valence electrons. The van der Waals surface area contributed by atoms with Gasteiger partial charge >= 0.3 is 0 Å². The zero-order valence-electron chi connectivity index (χ0n) is 11.9. The van der Waals surface area contributed by atoms with E-state index < -0.39 is 0 Å². The third-order valence-electron chi connectivity index (χ3n) is 3.46. The number of hydrogen-bond donors (Lipinski definition) is 0. The van der Waals surface area contributed by atoms with E-state index in [9.17, 15) is 9.59 Å². The fraction of sp³-hybridized carbons (Fsp3) is 0.333. The summed E-state index contributed by atoms with van der Waals surface area (Å²) in [5, 5.41) is 2.22. The zero-order chi connectivity index (χ0) is 14.4. The van der Waals surface area contributed by atoms with Gasteiger partial charge in [0.1, 0.15) is 5.78 Å². The number of fused-ring (bicyclic) bond motifs is 1. The Hall–Kier alpha value is -1.96. The predicted octanol–water partition coefficient (Wildman–Crippen LogP) is 4.56. The molecule has 0 atom stereocenters. The highest BCUT2D eigenvalue weighted by Crippen LogP contribution is 2.17. The van der Waals surface area contributed by atoms with Gasteiger partial charge in [0.05, 0.1) is 0 Å². The molecule has 0 aromatic heterocycles. The van der Waals surface area contributed by atoms with Crippen LogP contribution in [-0.4, -0.2) is 11.6 Å². The van der Waals surface area contributed by atoms with Gasteiger partial charge in [0, 0.05) is 24.8 Å². The van der Waals surface area contributed by atoms with E-state index in [4.69, 9.17) is 0 Å². The first-order valence-corrected chi connectivity index (χ1v) is 7.24. The van der Waals surface area contributed by atoms with Crippen molar-refractivity contribution in [1.29, 1.82) is 0 Å². The van der Waals surface area contributed by atoms with Crippen LogP contribution in [0.2, 0.25) is 0 Å². The Morgan fingerprint density at radius 1 is 0.900 bits per heavy atom. The van der Waals surface area contributed by atoms with Crippen molar-refractivity contribution in [3.8, 4) is 0 Å². The van der Waals surface area contributed by atoms with Gasteiger partial charge in [0.2, 0.25) is 0 Å². The van der Waals surface area contributed by atoms with Crippen LogP contribution in [-0.2, 0) is 4.79 Å². The first kappa shape index (κ1) is 14.4. The van der Waals surface area contributed by atoms with Crippen molar-refractivity contribution in [2.24, 2.45) is 0 Å². The lowest BCUT2D eigenvalue weighted by Gasteiger charge is -2.03. The third kappa shape index (κ3) is 3.77. The Morgan fingerprint density at radius 2 is 1.65 bits per heavy atom. The molecule has 2 aromatic rings. The standard InChI is InChI=1S/C18H20O2/c1-2-6-17(19)9-5-10-18(20)16-12-11-14-7-3-4-8-15(14)13-16/h3-4,7-8,11-13H,2,5-6,9-10H2,1H3. The second kappa shape index (κ2) is 6.99. The van der Waals surface area contributed by atoms with Crippen molar-refractivity contribution in [2.45, 2.75) is 39.0 Å². The molecule has 0 aliphatic carbocycles. The average Bonchev–Trinajstić information content (AvgIpc) is 2.47. The van der Waals surface area contributed by atoms with Gasteiger partial charge in [-0.25, -0.2) is 0 Å². The molecule has 0 spiro atoms. The number of ketones is 2. The van der Waals surface area contributed by atoms with E-state index in [-0.39, 0.29) is 11.6 Å². The van der Waals surface area contributed by atoms with Crippen LogP contribution in [0.4, 0.5) is 0 Å². The van der Waals surface area contributed by atoms with Crippen molar-refractivity contribution in [1.82, 2.24) is 0 Å². The lowest BCUT2D eigenvalue weighted by Crippen LogP contribution is -2.02. The van der Waals surface area contributed by atoms with E-state index in [0.717, 1.165) is 22.8 Å². The molecule has 20 heavy (non-hydrogen) atoms. The van der Waals surface area contributed by atoms with Crippen molar-refractivity contribution in [2.75, 3.05) is 0 Å². The Morgan fingerprint density at radius 3 is 2.40 bits per heavy atom. The zero-order valence-corrected chi connectivity index (χ0v) is 11.9. The summed E-state index contributed by atoms with van der Waals surface area (Å²) in [5.74, 6) is 0.388. The largest absolute Gasteiger partial charge is 0.300 e. The van der Waals surface area contributed by atoms with Crippen molar-refractivity contribution in [3.63, 3.8) is 0 Å². The van der Waals surface area contributed by atoms with Crippen LogP contribution in [0.3, 0.4) is 0 Å². The number of carbonyl (C=O) groups is 2. The first-order chi connectivity index (χ1) is 9.70. The van der Waals surface area contributed by atoms with Gasteiger partial charge in [-0.1, -0.05) is 43.3 Å². The molecule has 0 amide bonds. The molecule has 0 saturated carbocycles. The minimum absolute atomic E-state index is 0.125. The molecule has 2 nitrogen and oxygen atoms in total. The fourth-order valence-corrected chi connectivity index (χ4v) is 2.36. The SMILES string of the molecule is CCCC(=O)CCCC(=O)c1ccc2ccccc2c1. The minimum Gasteiger partial charge on any atom is -0.300 e. The van der Waals surface area contributed by atoms with Gasteiger partial charge in [-0.15, -0.1) is 0 Å². The van der Waals surface area contributed by atoms with Crippen LogP contribution in [0.25, 0.3) is 10.8 Å². The number of rotatable bonds is 7. The molecule has 0 aliphatic rings. The van der Waals surface area contributed by atoms with Crippen LogP contribution in [0.5, 0.6) is 0 Å². The normalized spacial score (nSPS) is 10.7. The molecule has 0 radical (unpaired) electrons. The maximum Gasteiger partial charge on any atom is 0.162 e. The molecule has 0 bridgehead atoms. The summed E-state index contributed by atoms with van der Waals surface area (Å²) in [6, 6.07) is 13.8. The molecule has 2 heteroatoms. The Bertz CT molecular complexity index is 614. The predicted molar refractivity (Wildman–Crippen MR) is 82.0 cm³/mol. The second-order valence-corrected chi connectivity index (χ2v) is 5.13. The molecule has 0 unspecified atom stereocenters. The lowest BCUT2D eigenvalue weighted by molar-refractivity contribution is -0.119. The summed E-state index contributed by atoms with van der Waals surface area (Å²) in [6.07, 6.45) is 3.15. The fourth-order valence-electron chi connectivity index (χ4n) is 2.36. The van der Waals surface area contributed by atoms with Gasteiger partial charge in [-0.3, -0.25) is 9.59 Å². The van der Waals surface area contributed by atoms with E-state index in [1.54, 1.807) is 0 Å². The van der Waals surface area contributed by atoms with Crippen molar-refractivity contribution in [3.05, 3.63) is 48.0 Å². The van der Waals surface area contributed by atoms with Crippen LogP contribution < -0.4 is 0 Å². The van der Waals surface area contributed by atoms with E-state index in [0.29, 0.717) is 25.7 Å². The van der Waals surface area contributed by atoms with Crippen molar-refractivity contribution < 1.29 is 9.59 Å². The summed E-state index contributed by atoms with van der Waals surface area (Å²) in [6.45, 7) is 2.00. The minimum atomic E-state index is 0.125. The number of carbonyl (C=O) groups excluding carboxylic acids is 2. The molecule has 0 heterocycles. The molecule has 2 rings (SSSR count). The summed E-state index contributed by atoms with van der Waals surface area (Å²) in [5.41, 5.74) is 0.742. The maximum absolute atomic E-state index is 12.1. The van der Waals surface area contributed by atoms with Gasteiger partial charge in [-0.2, -0.15) is 0 Å². The molecule has 0 aliphatic heterocycles. The van der Waals surface area contributed by atoms with Crippen LogP contribution in [0.1, 0.15) is 49.4 Å². The van der Waals surface area contributed by atoms with Gasteiger partial charge < -0.3 is 0 Å². The molecular weight excluding hydrogens is 248 g/mol. The van der Waals surface area contributed by atoms with Gasteiger partial charge in [0.15, 0.2) is 5.78 Å². The Kier molecular flexibility index (Phi) is 5.05. The van der Waals surface area contributed by atoms with E-state index >= 15 is 0 Å². The molecule has 0 N–H and O–H groups in total. The van der Waals surface area contributed by atoms with E-state index in [2.05, 4.69) is 0 Å². The lowest BCUT2D eigenvalue weighted by atomic mass is 10.0. The summed E-state index contributed by atoms with van der Waals surface area (Å²) in [7, 11) is 0. The number of hydrogen-bond acceptors (Lipinski definition) is 2. The molecular formula is C18H20O2. The van der Waals surface area contributed by atoms with Crippen LogP contribution >= 0.6 is 0 Å². The summed E-state index contributed by atoms with van der Waals surface area (Å²) in [4.78, 5) is 23.5. The first-order valence-electron chi connectivity index (χ1n) is 7.24. The van der Waals surface area contributed by atoms with E-state index in [1.807, 2.05) is 49.4 Å². The van der Waals surface area contributed by atoms with Crippen molar-refractivity contribution >= 4 is 22.3 Å². The molecule has 0 saturated heterocycles. The summed E-state index contributed by atoms with van der Waals surface area (Å²) < 4.78 is 0. The molecule has 2 aromatic carbocycles. The Labute approximate surface area is 119 Å². The highest BCUT2D eigenvalue weighted by molar-refractivity contribution is 6.00. The topological polar surface area (TPSA) is 34.1 Å². The monoisotopic (exact) mass is 268 g/mol. The van der Waals surface area contributed by atoms with E-state index in [1.165, 1.54) is 0 Å². The Balaban J connectivity index is 1.95. The molecule has 0 fully saturated rings. The smallest absolute Gasteiger partial charge is 0.162 e. The average molecular weight is 268 g/mol. The van der Waals surface area contributed by atoms with Crippen LogP contribution in [0, 0.1) is 0 Å². The highest BCUT2D eigenvalue weighted by Gasteiger charge is 2.08. The van der Waals surface area contributed by atoms with Gasteiger partial charge in [-0.05, 0) is 29.7 Å². The number of benzene rings is 2. The van der Waals surface area contributed by atoms with Crippen LogP contribution in [0.15, 0.2) is 42.5 Å².